The lowest BCUT2D eigenvalue weighted by Gasteiger charge is -2.26. The highest BCUT2D eigenvalue weighted by molar-refractivity contribution is 7.85. The van der Waals surface area contributed by atoms with E-state index in [4.69, 9.17) is 14.8 Å². The van der Waals surface area contributed by atoms with Crippen molar-refractivity contribution >= 4 is 22.1 Å². The van der Waals surface area contributed by atoms with Crippen molar-refractivity contribution in [2.45, 2.75) is 44.9 Å². The summed E-state index contributed by atoms with van der Waals surface area (Å²) in [6, 6.07) is -2.46. The third-order valence-corrected chi connectivity index (χ3v) is 3.45. The van der Waals surface area contributed by atoms with E-state index in [9.17, 15) is 23.1 Å². The lowest BCUT2D eigenvalue weighted by molar-refractivity contribution is -0.141. The van der Waals surface area contributed by atoms with E-state index in [1.54, 1.807) is 0 Å². The molecule has 11 heteroatoms. The van der Waals surface area contributed by atoms with Gasteiger partial charge in [0.1, 0.15) is 11.8 Å². The van der Waals surface area contributed by atoms with Gasteiger partial charge in [0.2, 0.25) is 0 Å². The molecule has 0 aromatic heterocycles. The van der Waals surface area contributed by atoms with E-state index in [2.05, 4.69) is 10.9 Å². The molecule has 0 unspecified atom stereocenters. The number of rotatable bonds is 11. The molecule has 0 aliphatic rings. The molecule has 6 N–H and O–H groups in total. The second-order valence-electron chi connectivity index (χ2n) is 5.33. The largest absolute Gasteiger partial charge is 0.481 e. The Morgan fingerprint density at radius 2 is 1.68 bits per heavy atom. The molecule has 0 heterocycles. The maximum Gasteiger partial charge on any atom is 0.323 e. The van der Waals surface area contributed by atoms with E-state index in [1.165, 1.54) is 0 Å². The van der Waals surface area contributed by atoms with Gasteiger partial charge in [-0.2, -0.15) is 8.42 Å². The Morgan fingerprint density at radius 3 is 2.05 bits per heavy atom. The average molecular weight is 342 g/mol. The molecule has 130 valence electrons. The number of aliphatic hydroxyl groups is 1. The van der Waals surface area contributed by atoms with E-state index >= 15 is 0 Å². The monoisotopic (exact) mass is 342 g/mol. The van der Waals surface area contributed by atoms with Gasteiger partial charge in [0.25, 0.3) is 10.1 Å². The number of carboxylic acids is 2. The first-order valence-corrected chi connectivity index (χ1v) is 8.12. The molecule has 0 aliphatic heterocycles. The van der Waals surface area contributed by atoms with Gasteiger partial charge in [-0.1, -0.05) is 13.8 Å². The Morgan fingerprint density at radius 1 is 1.14 bits per heavy atom. The normalized spacial score (nSPS) is 16.2. The zero-order valence-electron chi connectivity index (χ0n) is 12.3. The minimum Gasteiger partial charge on any atom is -0.481 e. The van der Waals surface area contributed by atoms with Crippen LogP contribution in [0, 0.1) is 5.92 Å². The number of carbonyl (C=O) groups is 2. The zero-order chi connectivity index (χ0) is 17.5. The lowest BCUT2D eigenvalue weighted by atomic mass is 9.98. The number of aliphatic hydroxyl groups excluding tert-OH is 1. The molecular formula is C11H22N2O8S. The van der Waals surface area contributed by atoms with Crippen molar-refractivity contribution in [2.75, 3.05) is 5.75 Å². The van der Waals surface area contributed by atoms with Gasteiger partial charge in [0.05, 0.1) is 12.5 Å². The van der Waals surface area contributed by atoms with Crippen LogP contribution in [0.25, 0.3) is 0 Å². The highest BCUT2D eigenvalue weighted by Gasteiger charge is 2.27. The Bertz CT molecular complexity index is 478. The summed E-state index contributed by atoms with van der Waals surface area (Å²) in [6.45, 7) is 3.63. The molecule has 0 fully saturated rings. The average Bonchev–Trinajstić information content (AvgIpc) is 2.29. The van der Waals surface area contributed by atoms with E-state index < -0.39 is 52.4 Å². The van der Waals surface area contributed by atoms with Crippen LogP contribution in [-0.4, -0.2) is 64.2 Å². The Hall–Kier alpha value is -1.27. The molecular weight excluding hydrogens is 320 g/mol. The number of hydrogen-bond acceptors (Lipinski definition) is 7. The summed E-state index contributed by atoms with van der Waals surface area (Å²) in [5.41, 5.74) is 4.63. The molecule has 0 amide bonds. The number of aliphatic carboxylic acids is 2. The molecule has 0 saturated carbocycles. The van der Waals surface area contributed by atoms with Crippen molar-refractivity contribution < 1.29 is 37.9 Å². The quantitative estimate of drug-likeness (QED) is 0.195. The summed E-state index contributed by atoms with van der Waals surface area (Å²) in [5.74, 6) is -3.76. The van der Waals surface area contributed by atoms with Crippen LogP contribution in [0.5, 0.6) is 0 Å². The Balaban J connectivity index is 4.82. The predicted molar refractivity (Wildman–Crippen MR) is 75.6 cm³/mol. The fourth-order valence-corrected chi connectivity index (χ4v) is 2.38. The van der Waals surface area contributed by atoms with Gasteiger partial charge in [0.15, 0.2) is 0 Å². The van der Waals surface area contributed by atoms with Crippen molar-refractivity contribution in [1.29, 1.82) is 0 Å². The minimum absolute atomic E-state index is 0.0626. The Labute approximate surface area is 128 Å². The van der Waals surface area contributed by atoms with Crippen molar-refractivity contribution in [3.05, 3.63) is 0 Å². The second kappa shape index (κ2) is 9.00. The highest BCUT2D eigenvalue weighted by atomic mass is 32.2. The standard InChI is InChI=1S/C11H22N2O8S/c1-6(2)3-7(9(14)4-10(15)16)12-13-8(11(17)18)5-22(19,20)21/h6-9,12-14H,3-5H2,1-2H3,(H,15,16)(H,17,18)(H,19,20,21)/t7-,8-,9-/m0/s1. The molecule has 0 saturated heterocycles. The van der Waals surface area contributed by atoms with Crippen LogP contribution < -0.4 is 10.9 Å². The van der Waals surface area contributed by atoms with Gasteiger partial charge in [-0.05, 0) is 12.3 Å². The summed E-state index contributed by atoms with van der Waals surface area (Å²) in [5, 5.41) is 27.4. The number of nitrogens with one attached hydrogen (secondary N) is 2. The lowest BCUT2D eigenvalue weighted by Crippen LogP contribution is -2.56. The summed E-state index contributed by atoms with van der Waals surface area (Å²) < 4.78 is 30.2. The highest BCUT2D eigenvalue weighted by Crippen LogP contribution is 2.10. The van der Waals surface area contributed by atoms with Crippen LogP contribution in [0.2, 0.25) is 0 Å². The van der Waals surface area contributed by atoms with E-state index in [0.29, 0.717) is 6.42 Å². The molecule has 0 bridgehead atoms. The molecule has 0 rings (SSSR count). The molecule has 0 radical (unpaired) electrons. The van der Waals surface area contributed by atoms with Crippen LogP contribution in [-0.2, 0) is 19.7 Å². The molecule has 0 spiro atoms. The van der Waals surface area contributed by atoms with E-state index in [-0.39, 0.29) is 5.92 Å². The molecule has 10 nitrogen and oxygen atoms in total. The molecule has 22 heavy (non-hydrogen) atoms. The van der Waals surface area contributed by atoms with Gasteiger partial charge < -0.3 is 15.3 Å². The number of hydrogen-bond donors (Lipinski definition) is 6. The molecule has 0 aromatic carbocycles. The molecule has 0 aromatic rings. The minimum atomic E-state index is -4.52. The number of carboxylic acid groups (broad SMARTS) is 2. The van der Waals surface area contributed by atoms with Crippen LogP contribution in [0.4, 0.5) is 0 Å². The summed E-state index contributed by atoms with van der Waals surface area (Å²) in [6.07, 6.45) is -1.53. The van der Waals surface area contributed by atoms with Crippen LogP contribution in [0.15, 0.2) is 0 Å². The third kappa shape index (κ3) is 9.63. The summed E-state index contributed by atoms with van der Waals surface area (Å²) >= 11 is 0. The first-order valence-electron chi connectivity index (χ1n) is 6.51. The topological polar surface area (TPSA) is 173 Å². The zero-order valence-corrected chi connectivity index (χ0v) is 13.1. The first kappa shape index (κ1) is 20.7. The number of hydrazine groups is 1. The third-order valence-electron chi connectivity index (χ3n) is 2.69. The first-order chi connectivity index (χ1) is 9.92. The summed E-state index contributed by atoms with van der Waals surface area (Å²) in [4.78, 5) is 21.5. The van der Waals surface area contributed by atoms with Crippen molar-refractivity contribution in [3.8, 4) is 0 Å². The van der Waals surface area contributed by atoms with Crippen molar-refractivity contribution in [1.82, 2.24) is 10.9 Å². The van der Waals surface area contributed by atoms with Gasteiger partial charge >= 0.3 is 11.9 Å². The Kier molecular flexibility index (Phi) is 8.48. The van der Waals surface area contributed by atoms with Gasteiger partial charge in [-0.25, -0.2) is 5.43 Å². The summed E-state index contributed by atoms with van der Waals surface area (Å²) in [7, 11) is -4.52. The predicted octanol–water partition coefficient (Wildman–Crippen LogP) is -1.33. The van der Waals surface area contributed by atoms with Crippen molar-refractivity contribution in [3.63, 3.8) is 0 Å². The van der Waals surface area contributed by atoms with Crippen LogP contribution in [0.1, 0.15) is 26.7 Å². The maximum atomic E-state index is 10.9. The molecule has 0 aliphatic carbocycles. The second-order valence-corrected chi connectivity index (χ2v) is 6.83. The smallest absolute Gasteiger partial charge is 0.323 e. The van der Waals surface area contributed by atoms with Crippen LogP contribution in [0.3, 0.4) is 0 Å². The van der Waals surface area contributed by atoms with E-state index in [1.807, 2.05) is 13.8 Å². The van der Waals surface area contributed by atoms with Gasteiger partial charge in [-0.3, -0.25) is 19.6 Å². The van der Waals surface area contributed by atoms with E-state index in [0.717, 1.165) is 0 Å². The SMILES string of the molecule is CC(C)C[C@H](NN[C@@H](CS(=O)(=O)O)C(=O)O)[C@@H](O)CC(=O)O. The van der Waals surface area contributed by atoms with Crippen molar-refractivity contribution in [2.24, 2.45) is 5.92 Å². The van der Waals surface area contributed by atoms with Crippen LogP contribution >= 0.6 is 0 Å². The fourth-order valence-electron chi connectivity index (χ4n) is 1.73. The maximum absolute atomic E-state index is 10.9. The van der Waals surface area contributed by atoms with Gasteiger partial charge in [-0.15, -0.1) is 0 Å². The fraction of sp³-hybridized carbons (Fsp3) is 0.818. The molecule has 3 atom stereocenters. The van der Waals surface area contributed by atoms with Gasteiger partial charge in [0, 0.05) is 6.04 Å².